The fourth-order valence-electron chi connectivity index (χ4n) is 2.09. The van der Waals surface area contributed by atoms with Gasteiger partial charge in [0.05, 0.1) is 10.6 Å². The van der Waals surface area contributed by atoms with Crippen LogP contribution < -0.4 is 10.2 Å². The Kier molecular flexibility index (Phi) is 4.56. The molecule has 1 aromatic rings. The van der Waals surface area contributed by atoms with E-state index in [1.165, 1.54) is 31.0 Å². The molecule has 1 atom stereocenters. The van der Waals surface area contributed by atoms with Crippen LogP contribution in [0.3, 0.4) is 0 Å². The summed E-state index contributed by atoms with van der Waals surface area (Å²) in [4.78, 5) is 37.7. The zero-order valence-electron chi connectivity index (χ0n) is 12.2. The number of halogens is 1. The Labute approximate surface area is 132 Å². The van der Waals surface area contributed by atoms with Crippen LogP contribution in [0.1, 0.15) is 17.3 Å². The number of carbonyl (C=O) groups excluding carboxylic acids is 2. The summed E-state index contributed by atoms with van der Waals surface area (Å²) in [5.74, 6) is -1.62. The van der Waals surface area contributed by atoms with Crippen molar-refractivity contribution in [3.63, 3.8) is 0 Å². The van der Waals surface area contributed by atoms with Gasteiger partial charge in [0.25, 0.3) is 5.91 Å². The van der Waals surface area contributed by atoms with Crippen molar-refractivity contribution in [2.24, 2.45) is 0 Å². The molecule has 0 saturated carbocycles. The van der Waals surface area contributed by atoms with Crippen LogP contribution in [0.25, 0.3) is 0 Å². The van der Waals surface area contributed by atoms with Gasteiger partial charge in [-0.2, -0.15) is 0 Å². The summed E-state index contributed by atoms with van der Waals surface area (Å²) in [7, 11) is 1.40. The molecule has 0 spiro atoms. The van der Waals surface area contributed by atoms with Crippen molar-refractivity contribution in [3.8, 4) is 0 Å². The summed E-state index contributed by atoms with van der Waals surface area (Å²) in [6.07, 6.45) is 0. The molecule has 8 heteroatoms. The highest BCUT2D eigenvalue weighted by Gasteiger charge is 2.26. The fraction of sp³-hybridized carbons (Fsp3) is 0.357. The number of hydrogen-bond donors (Lipinski definition) is 2. The molecule has 7 nitrogen and oxygen atoms in total. The number of urea groups is 1. The molecule has 1 aliphatic rings. The number of hydrogen-bond acceptors (Lipinski definition) is 3. The number of amides is 3. The quantitative estimate of drug-likeness (QED) is 0.876. The molecule has 22 heavy (non-hydrogen) atoms. The summed E-state index contributed by atoms with van der Waals surface area (Å²) in [5.41, 5.74) is 0.702. The Morgan fingerprint density at radius 2 is 2.14 bits per heavy atom. The van der Waals surface area contributed by atoms with Gasteiger partial charge >= 0.3 is 12.0 Å². The van der Waals surface area contributed by atoms with E-state index in [9.17, 15) is 14.4 Å². The van der Waals surface area contributed by atoms with Crippen molar-refractivity contribution in [3.05, 3.63) is 28.8 Å². The second-order valence-corrected chi connectivity index (χ2v) is 5.39. The molecule has 2 rings (SSSR count). The first-order valence-electron chi connectivity index (χ1n) is 6.68. The maximum absolute atomic E-state index is 12.4. The predicted octanol–water partition coefficient (Wildman–Crippen LogP) is 1.41. The Bertz CT molecular complexity index is 635. The second kappa shape index (κ2) is 6.23. The number of carboxylic acid groups (broad SMARTS) is 1. The number of aliphatic carboxylic acids is 1. The van der Waals surface area contributed by atoms with E-state index in [4.69, 9.17) is 16.7 Å². The number of carboxylic acids is 1. The van der Waals surface area contributed by atoms with Crippen LogP contribution >= 0.6 is 11.6 Å². The van der Waals surface area contributed by atoms with Crippen LogP contribution in [0, 0.1) is 0 Å². The van der Waals surface area contributed by atoms with Gasteiger partial charge in [0.15, 0.2) is 0 Å². The number of anilines is 1. The lowest BCUT2D eigenvalue weighted by molar-refractivity contribution is -0.141. The number of likely N-dealkylation sites (N-methyl/N-ethyl adjacent to an activating group) is 1. The van der Waals surface area contributed by atoms with Crippen molar-refractivity contribution in [1.29, 1.82) is 0 Å². The van der Waals surface area contributed by atoms with Gasteiger partial charge in [-0.1, -0.05) is 11.6 Å². The Morgan fingerprint density at radius 3 is 2.68 bits per heavy atom. The molecule has 1 aliphatic heterocycles. The lowest BCUT2D eigenvalue weighted by Crippen LogP contribution is -2.40. The highest BCUT2D eigenvalue weighted by Crippen LogP contribution is 2.25. The minimum Gasteiger partial charge on any atom is -0.480 e. The Balaban J connectivity index is 2.32. The average Bonchev–Trinajstić information content (AvgIpc) is 2.91. The molecule has 1 saturated heterocycles. The third-order valence-electron chi connectivity index (χ3n) is 3.61. The zero-order chi connectivity index (χ0) is 16.4. The first kappa shape index (κ1) is 16.1. The molecule has 1 fully saturated rings. The summed E-state index contributed by atoms with van der Waals surface area (Å²) in [6, 6.07) is 3.44. The van der Waals surface area contributed by atoms with Crippen LogP contribution in [0.15, 0.2) is 18.2 Å². The van der Waals surface area contributed by atoms with E-state index >= 15 is 0 Å². The summed E-state index contributed by atoms with van der Waals surface area (Å²) in [5, 5.41) is 11.9. The molecule has 1 heterocycles. The van der Waals surface area contributed by atoms with Crippen molar-refractivity contribution in [2.75, 3.05) is 25.0 Å². The van der Waals surface area contributed by atoms with E-state index in [-0.39, 0.29) is 16.6 Å². The second-order valence-electron chi connectivity index (χ2n) is 4.98. The summed E-state index contributed by atoms with van der Waals surface area (Å²) < 4.78 is 0. The van der Waals surface area contributed by atoms with Crippen LogP contribution in [0.5, 0.6) is 0 Å². The van der Waals surface area contributed by atoms with Crippen molar-refractivity contribution >= 4 is 35.2 Å². The van der Waals surface area contributed by atoms with Crippen LogP contribution in [-0.4, -0.2) is 54.1 Å². The first-order valence-corrected chi connectivity index (χ1v) is 7.05. The smallest absolute Gasteiger partial charge is 0.326 e. The van der Waals surface area contributed by atoms with Gasteiger partial charge in [-0.05, 0) is 25.1 Å². The van der Waals surface area contributed by atoms with Gasteiger partial charge < -0.3 is 15.3 Å². The summed E-state index contributed by atoms with van der Waals surface area (Å²) >= 11 is 6.05. The molecule has 0 bridgehead atoms. The van der Waals surface area contributed by atoms with E-state index in [0.717, 1.165) is 4.90 Å². The molecule has 3 amide bonds. The van der Waals surface area contributed by atoms with Crippen LogP contribution in [-0.2, 0) is 4.79 Å². The fourth-order valence-corrected chi connectivity index (χ4v) is 2.29. The van der Waals surface area contributed by atoms with E-state index in [2.05, 4.69) is 5.32 Å². The van der Waals surface area contributed by atoms with Gasteiger partial charge in [-0.15, -0.1) is 0 Å². The zero-order valence-corrected chi connectivity index (χ0v) is 12.9. The summed E-state index contributed by atoms with van der Waals surface area (Å²) in [6.45, 7) is 2.43. The molecule has 0 aromatic heterocycles. The Hall–Kier alpha value is -2.28. The maximum atomic E-state index is 12.4. The molecule has 1 aromatic carbocycles. The van der Waals surface area contributed by atoms with E-state index in [0.29, 0.717) is 18.8 Å². The number of rotatable bonds is 4. The minimum absolute atomic E-state index is 0.162. The molecule has 2 N–H and O–H groups in total. The standard InChI is InChI=1S/C14H16ClN3O4/c1-8(13(20)21)17(2)12(19)10-7-9(3-4-11(10)15)18-6-5-16-14(18)22/h3-4,7-8H,5-6H2,1-2H3,(H,16,22)(H,20,21). The van der Waals surface area contributed by atoms with Crippen molar-refractivity contribution in [1.82, 2.24) is 10.2 Å². The number of nitrogens with zero attached hydrogens (tertiary/aromatic N) is 2. The number of benzene rings is 1. The minimum atomic E-state index is -1.11. The number of carbonyl (C=O) groups is 3. The van der Waals surface area contributed by atoms with Gasteiger partial charge in [0, 0.05) is 25.8 Å². The SMILES string of the molecule is CC(C(=O)O)N(C)C(=O)c1cc(N2CCNC2=O)ccc1Cl. The molecule has 1 unspecified atom stereocenters. The third kappa shape index (κ3) is 2.99. The van der Waals surface area contributed by atoms with Gasteiger partial charge in [0.2, 0.25) is 0 Å². The highest BCUT2D eigenvalue weighted by atomic mass is 35.5. The molecule has 0 aliphatic carbocycles. The largest absolute Gasteiger partial charge is 0.480 e. The normalized spacial score (nSPS) is 15.4. The first-order chi connectivity index (χ1) is 10.3. The van der Waals surface area contributed by atoms with Gasteiger partial charge in [-0.25, -0.2) is 9.59 Å². The Morgan fingerprint density at radius 1 is 1.45 bits per heavy atom. The van der Waals surface area contributed by atoms with E-state index in [1.54, 1.807) is 6.07 Å². The third-order valence-corrected chi connectivity index (χ3v) is 3.94. The lowest BCUT2D eigenvalue weighted by atomic mass is 10.1. The predicted molar refractivity (Wildman–Crippen MR) is 81.4 cm³/mol. The monoisotopic (exact) mass is 325 g/mol. The van der Waals surface area contributed by atoms with Gasteiger partial charge in [-0.3, -0.25) is 9.69 Å². The van der Waals surface area contributed by atoms with Crippen LogP contribution in [0.4, 0.5) is 10.5 Å². The van der Waals surface area contributed by atoms with E-state index < -0.39 is 17.9 Å². The molecule has 0 radical (unpaired) electrons. The number of nitrogens with one attached hydrogen (secondary N) is 1. The van der Waals surface area contributed by atoms with Crippen molar-refractivity contribution in [2.45, 2.75) is 13.0 Å². The molecular weight excluding hydrogens is 310 g/mol. The highest BCUT2D eigenvalue weighted by molar-refractivity contribution is 6.34. The maximum Gasteiger partial charge on any atom is 0.326 e. The van der Waals surface area contributed by atoms with Crippen LogP contribution in [0.2, 0.25) is 5.02 Å². The average molecular weight is 326 g/mol. The topological polar surface area (TPSA) is 89.9 Å². The molecular formula is C14H16ClN3O4. The van der Waals surface area contributed by atoms with E-state index in [1.807, 2.05) is 0 Å². The lowest BCUT2D eigenvalue weighted by Gasteiger charge is -2.23. The van der Waals surface area contributed by atoms with Gasteiger partial charge in [0.1, 0.15) is 6.04 Å². The molecule has 118 valence electrons. The van der Waals surface area contributed by atoms with Crippen molar-refractivity contribution < 1.29 is 19.5 Å².